The second kappa shape index (κ2) is 7.79. The topological polar surface area (TPSA) is 53.0 Å². The molecule has 0 saturated carbocycles. The number of halogens is 3. The van der Waals surface area contributed by atoms with Crippen LogP contribution < -0.4 is 9.91 Å². The number of benzene rings is 3. The molecule has 1 fully saturated rings. The lowest BCUT2D eigenvalue weighted by Gasteiger charge is -2.22. The first kappa shape index (κ1) is 20.2. The zero-order chi connectivity index (χ0) is 21.7. The molecule has 0 radical (unpaired) electrons. The minimum absolute atomic E-state index is 0.238. The van der Waals surface area contributed by atoms with Gasteiger partial charge in [0.15, 0.2) is 0 Å². The summed E-state index contributed by atoms with van der Waals surface area (Å²) in [7, 11) is 0. The third kappa shape index (κ3) is 3.35. The van der Waals surface area contributed by atoms with Gasteiger partial charge < -0.3 is 0 Å². The molecule has 1 saturated heterocycles. The molecular weight excluding hydrogens is 501 g/mol. The van der Waals surface area contributed by atoms with Gasteiger partial charge in [-0.05, 0) is 48.0 Å². The molecule has 0 aliphatic carbocycles. The van der Waals surface area contributed by atoms with Crippen molar-refractivity contribution in [1.82, 2.24) is 0 Å². The van der Waals surface area contributed by atoms with Gasteiger partial charge in [0, 0.05) is 9.50 Å². The molecule has 0 unspecified atom stereocenters. The maximum Gasteiger partial charge on any atom is 0.259 e. The molecule has 0 aromatic heterocycles. The lowest BCUT2D eigenvalue weighted by molar-refractivity contribution is -0.121. The first-order valence-corrected chi connectivity index (χ1v) is 11.0. The van der Waals surface area contributed by atoms with Crippen molar-refractivity contribution in [1.29, 1.82) is 0 Å². The Morgan fingerprint density at radius 1 is 0.871 bits per heavy atom. The normalized spacial score (nSPS) is 20.3. The van der Waals surface area contributed by atoms with Crippen LogP contribution in [0.2, 0.25) is 10.0 Å². The van der Waals surface area contributed by atoms with Gasteiger partial charge in [0.25, 0.3) is 5.91 Å². The molecule has 2 aliphatic rings. The van der Waals surface area contributed by atoms with E-state index in [0.717, 1.165) is 20.6 Å². The third-order valence-corrected chi connectivity index (χ3v) is 6.43. The number of hydrogen-bond donors (Lipinski definition) is 0. The molecule has 3 aromatic carbocycles. The highest BCUT2D eigenvalue weighted by Crippen LogP contribution is 2.41. The lowest BCUT2D eigenvalue weighted by atomic mass is 9.93. The van der Waals surface area contributed by atoms with Crippen molar-refractivity contribution in [3.05, 3.63) is 92.9 Å². The molecule has 0 spiro atoms. The fourth-order valence-corrected chi connectivity index (χ4v) is 4.72. The highest BCUT2D eigenvalue weighted by molar-refractivity contribution is 9.10. The molecule has 5 rings (SSSR count). The summed E-state index contributed by atoms with van der Waals surface area (Å²) in [6.45, 7) is 0. The minimum atomic E-state index is -0.791. The Labute approximate surface area is 197 Å². The van der Waals surface area contributed by atoms with Crippen LogP contribution in [0.4, 0.5) is 11.4 Å². The van der Waals surface area contributed by atoms with E-state index in [4.69, 9.17) is 28.3 Å². The van der Waals surface area contributed by atoms with Crippen molar-refractivity contribution in [2.75, 3.05) is 9.91 Å². The highest BCUT2D eigenvalue weighted by atomic mass is 79.9. The van der Waals surface area contributed by atoms with Crippen molar-refractivity contribution in [2.45, 2.75) is 6.04 Å². The van der Waals surface area contributed by atoms with Gasteiger partial charge in [-0.3, -0.25) is 14.6 Å². The fraction of sp³-hybridized carbons (Fsp3) is 0.0870. The minimum Gasteiger partial charge on any atom is -0.273 e. The summed E-state index contributed by atoms with van der Waals surface area (Å²) in [5.41, 5.74) is 2.38. The Hall–Kier alpha value is -2.67. The SMILES string of the molecule is O=C1[C@H]2C(c3ccc(Br)cc3)=NN(c3ccccc3)[C@@H]2C(=O)N1c1ccc(Cl)cc1Cl. The van der Waals surface area contributed by atoms with Gasteiger partial charge in [-0.1, -0.05) is 69.5 Å². The first-order valence-electron chi connectivity index (χ1n) is 9.47. The van der Waals surface area contributed by atoms with E-state index in [1.807, 2.05) is 54.6 Å². The standard InChI is InChI=1S/C23H14BrCl2N3O2/c24-14-8-6-13(7-9-14)20-19-21(29(27-20)16-4-2-1-3-5-16)23(31)28(22(19)30)18-11-10-15(25)12-17(18)26/h1-12,19,21H/t19-,21-/m0/s1. The Morgan fingerprint density at radius 2 is 1.58 bits per heavy atom. The molecule has 5 nitrogen and oxygen atoms in total. The van der Waals surface area contributed by atoms with E-state index < -0.39 is 12.0 Å². The number of para-hydroxylation sites is 1. The maximum atomic E-state index is 13.6. The number of hydrazone groups is 1. The second-order valence-corrected chi connectivity index (χ2v) is 8.96. The zero-order valence-electron chi connectivity index (χ0n) is 15.9. The number of imide groups is 1. The average molecular weight is 515 g/mol. The number of hydrogen-bond acceptors (Lipinski definition) is 4. The van der Waals surface area contributed by atoms with Gasteiger partial charge in [0.1, 0.15) is 12.0 Å². The number of carbonyl (C=O) groups is 2. The maximum absolute atomic E-state index is 13.6. The molecule has 0 N–H and O–H groups in total. The molecule has 2 heterocycles. The molecule has 0 bridgehead atoms. The van der Waals surface area contributed by atoms with Crippen molar-refractivity contribution >= 4 is 68.0 Å². The quantitative estimate of drug-likeness (QED) is 0.431. The van der Waals surface area contributed by atoms with Gasteiger partial charge in [0.2, 0.25) is 5.91 Å². The summed E-state index contributed by atoms with van der Waals surface area (Å²) in [4.78, 5) is 28.3. The van der Waals surface area contributed by atoms with E-state index in [0.29, 0.717) is 16.4 Å². The van der Waals surface area contributed by atoms with Crippen LogP contribution in [0.3, 0.4) is 0 Å². The Kier molecular flexibility index (Phi) is 5.08. The molecule has 154 valence electrons. The lowest BCUT2D eigenvalue weighted by Crippen LogP contribution is -2.39. The molecular formula is C23H14BrCl2N3O2. The molecule has 31 heavy (non-hydrogen) atoms. The fourth-order valence-electron chi connectivity index (χ4n) is 3.97. The summed E-state index contributed by atoms with van der Waals surface area (Å²) in [6, 6.07) is 20.8. The molecule has 3 aromatic rings. The van der Waals surface area contributed by atoms with Crippen molar-refractivity contribution in [3.63, 3.8) is 0 Å². The van der Waals surface area contributed by atoms with Crippen LogP contribution in [-0.4, -0.2) is 23.6 Å². The van der Waals surface area contributed by atoms with Crippen LogP contribution in [0.25, 0.3) is 0 Å². The van der Waals surface area contributed by atoms with E-state index in [1.54, 1.807) is 17.1 Å². The largest absolute Gasteiger partial charge is 0.273 e. The highest BCUT2D eigenvalue weighted by Gasteiger charge is 2.57. The Bertz CT molecular complexity index is 1230. The van der Waals surface area contributed by atoms with E-state index >= 15 is 0 Å². The van der Waals surface area contributed by atoms with Gasteiger partial charge in [-0.25, -0.2) is 4.90 Å². The molecule has 8 heteroatoms. The average Bonchev–Trinajstić information content (AvgIpc) is 3.27. The Morgan fingerprint density at radius 3 is 2.26 bits per heavy atom. The summed E-state index contributed by atoms with van der Waals surface area (Å²) in [5.74, 6) is -1.49. The number of anilines is 2. The van der Waals surface area contributed by atoms with Crippen LogP contribution in [-0.2, 0) is 9.59 Å². The van der Waals surface area contributed by atoms with Crippen LogP contribution in [0, 0.1) is 5.92 Å². The van der Waals surface area contributed by atoms with E-state index in [-0.39, 0.29) is 16.8 Å². The van der Waals surface area contributed by atoms with Gasteiger partial charge >= 0.3 is 0 Å². The number of carbonyl (C=O) groups excluding carboxylic acids is 2. The monoisotopic (exact) mass is 513 g/mol. The third-order valence-electron chi connectivity index (χ3n) is 5.36. The van der Waals surface area contributed by atoms with Gasteiger partial charge in [-0.15, -0.1) is 0 Å². The second-order valence-electron chi connectivity index (χ2n) is 7.20. The summed E-state index contributed by atoms with van der Waals surface area (Å²) in [6.07, 6.45) is 0. The molecule has 2 amide bonds. The molecule has 2 atom stereocenters. The van der Waals surface area contributed by atoms with E-state index in [1.165, 1.54) is 6.07 Å². The van der Waals surface area contributed by atoms with Crippen LogP contribution in [0.1, 0.15) is 5.56 Å². The number of fused-ring (bicyclic) bond motifs is 1. The van der Waals surface area contributed by atoms with Gasteiger partial charge in [0.05, 0.1) is 22.1 Å². The van der Waals surface area contributed by atoms with Crippen LogP contribution in [0.5, 0.6) is 0 Å². The number of nitrogens with zero attached hydrogens (tertiary/aromatic N) is 3. The van der Waals surface area contributed by atoms with Crippen molar-refractivity contribution in [3.8, 4) is 0 Å². The van der Waals surface area contributed by atoms with Crippen molar-refractivity contribution < 1.29 is 9.59 Å². The predicted octanol–water partition coefficient (Wildman–Crippen LogP) is 5.54. The van der Waals surface area contributed by atoms with Crippen molar-refractivity contribution in [2.24, 2.45) is 11.0 Å². The number of amides is 2. The molecule has 2 aliphatic heterocycles. The van der Waals surface area contributed by atoms with Gasteiger partial charge in [-0.2, -0.15) is 5.10 Å². The number of rotatable bonds is 3. The van der Waals surface area contributed by atoms with Crippen LogP contribution >= 0.6 is 39.1 Å². The van der Waals surface area contributed by atoms with Crippen LogP contribution in [0.15, 0.2) is 82.4 Å². The van der Waals surface area contributed by atoms with E-state index in [9.17, 15) is 9.59 Å². The first-order chi connectivity index (χ1) is 15.0. The summed E-state index contributed by atoms with van der Waals surface area (Å²) < 4.78 is 0.912. The predicted molar refractivity (Wildman–Crippen MR) is 126 cm³/mol. The zero-order valence-corrected chi connectivity index (χ0v) is 19.0. The smallest absolute Gasteiger partial charge is 0.259 e. The summed E-state index contributed by atoms with van der Waals surface area (Å²) in [5, 5.41) is 7.02. The Balaban J connectivity index is 1.64. The summed E-state index contributed by atoms with van der Waals surface area (Å²) >= 11 is 15.8. The van der Waals surface area contributed by atoms with E-state index in [2.05, 4.69) is 15.9 Å².